The zero-order valence-electron chi connectivity index (χ0n) is 15.0. The maximum atomic E-state index is 13.0. The standard InChI is InChI=1S/C20H17BrClNO4S2/c21-16-4-2-1-3-14(16)15-11-20(15,19(24)25)23-29(26,27)18-10-9-17(28-18)12-5-7-13(22)8-6-12/h1-9,15,18,23H,10-11H2,(H,24,25). The fourth-order valence-electron chi connectivity index (χ4n) is 3.54. The molecule has 0 aromatic heterocycles. The van der Waals surface area contributed by atoms with Crippen LogP contribution in [-0.2, 0) is 14.8 Å². The van der Waals surface area contributed by atoms with Crippen LogP contribution in [-0.4, -0.2) is 29.6 Å². The molecule has 0 spiro atoms. The van der Waals surface area contributed by atoms with Gasteiger partial charge in [0.25, 0.3) is 0 Å². The van der Waals surface area contributed by atoms with Crippen LogP contribution in [0.1, 0.15) is 29.9 Å². The van der Waals surface area contributed by atoms with Gasteiger partial charge >= 0.3 is 5.97 Å². The minimum atomic E-state index is -3.86. The van der Waals surface area contributed by atoms with Crippen molar-refractivity contribution in [3.05, 3.63) is 75.2 Å². The number of nitrogens with one attached hydrogen (secondary N) is 1. The molecule has 152 valence electrons. The van der Waals surface area contributed by atoms with E-state index in [1.165, 1.54) is 11.8 Å². The fourth-order valence-corrected chi connectivity index (χ4v) is 7.43. The molecule has 1 heterocycles. The molecular formula is C20H17BrClNO4S2. The number of hydrogen-bond acceptors (Lipinski definition) is 4. The number of carboxylic acids is 1. The van der Waals surface area contributed by atoms with Crippen LogP contribution in [0, 0.1) is 0 Å². The number of allylic oxidation sites excluding steroid dienone is 1. The number of aliphatic carboxylic acids is 1. The SMILES string of the molecule is O=C(O)C1(NS(=O)(=O)C2CC=C(c3ccc(Cl)cc3)S2)CC1c1ccccc1Br. The van der Waals surface area contributed by atoms with Gasteiger partial charge in [0, 0.05) is 20.3 Å². The third-order valence-electron chi connectivity index (χ3n) is 5.18. The van der Waals surface area contributed by atoms with Gasteiger partial charge in [0.1, 0.15) is 10.1 Å². The maximum absolute atomic E-state index is 13.0. The summed E-state index contributed by atoms with van der Waals surface area (Å²) in [5.41, 5.74) is 0.172. The molecule has 0 radical (unpaired) electrons. The largest absolute Gasteiger partial charge is 0.480 e. The molecule has 1 aliphatic carbocycles. The minimum Gasteiger partial charge on any atom is -0.480 e. The number of hydrogen-bond donors (Lipinski definition) is 2. The molecule has 2 aliphatic rings. The van der Waals surface area contributed by atoms with Gasteiger partial charge in [-0.2, -0.15) is 4.72 Å². The molecule has 1 saturated carbocycles. The Bertz CT molecular complexity index is 1100. The Hall–Kier alpha value is -1.32. The molecule has 9 heteroatoms. The monoisotopic (exact) mass is 513 g/mol. The number of thioether (sulfide) groups is 1. The van der Waals surface area contributed by atoms with Crippen LogP contribution in [0.15, 0.2) is 59.1 Å². The summed E-state index contributed by atoms with van der Waals surface area (Å²) in [6.07, 6.45) is 2.40. The van der Waals surface area contributed by atoms with Crippen LogP contribution in [0.4, 0.5) is 0 Å². The smallest absolute Gasteiger partial charge is 0.325 e. The lowest BCUT2D eigenvalue weighted by molar-refractivity contribution is -0.140. The number of carboxylic acid groups (broad SMARTS) is 1. The van der Waals surface area contributed by atoms with Crippen LogP contribution in [0.2, 0.25) is 5.02 Å². The second-order valence-electron chi connectivity index (χ2n) is 7.06. The van der Waals surface area contributed by atoms with Gasteiger partial charge in [-0.1, -0.05) is 63.9 Å². The van der Waals surface area contributed by atoms with Crippen molar-refractivity contribution in [3.63, 3.8) is 0 Å². The van der Waals surface area contributed by atoms with Crippen molar-refractivity contribution in [2.45, 2.75) is 28.9 Å². The number of rotatable bonds is 6. The Morgan fingerprint density at radius 1 is 1.21 bits per heavy atom. The van der Waals surface area contributed by atoms with E-state index in [-0.39, 0.29) is 6.42 Å². The van der Waals surface area contributed by atoms with Crippen molar-refractivity contribution < 1.29 is 18.3 Å². The predicted octanol–water partition coefficient (Wildman–Crippen LogP) is 4.84. The Labute approximate surface area is 186 Å². The van der Waals surface area contributed by atoms with E-state index in [4.69, 9.17) is 11.6 Å². The highest BCUT2D eigenvalue weighted by Gasteiger charge is 2.64. The Balaban J connectivity index is 1.52. The molecule has 2 N–H and O–H groups in total. The van der Waals surface area contributed by atoms with Crippen LogP contribution in [0.5, 0.6) is 0 Å². The zero-order chi connectivity index (χ0) is 20.8. The summed E-state index contributed by atoms with van der Waals surface area (Å²) in [6, 6.07) is 14.5. The quantitative estimate of drug-likeness (QED) is 0.576. The fraction of sp³-hybridized carbons (Fsp3) is 0.250. The van der Waals surface area contributed by atoms with E-state index in [1.54, 1.807) is 12.1 Å². The molecule has 0 amide bonds. The van der Waals surface area contributed by atoms with Crippen LogP contribution < -0.4 is 4.72 Å². The first kappa shape index (κ1) is 20.9. The minimum absolute atomic E-state index is 0.221. The molecule has 4 rings (SSSR count). The van der Waals surface area contributed by atoms with Gasteiger partial charge in [-0.3, -0.25) is 4.79 Å². The number of sulfonamides is 1. The van der Waals surface area contributed by atoms with E-state index in [2.05, 4.69) is 20.7 Å². The predicted molar refractivity (Wildman–Crippen MR) is 119 cm³/mol. The average molecular weight is 515 g/mol. The van der Waals surface area contributed by atoms with Crippen LogP contribution in [0.3, 0.4) is 0 Å². The van der Waals surface area contributed by atoms with Gasteiger partial charge in [0.2, 0.25) is 10.0 Å². The summed E-state index contributed by atoms with van der Waals surface area (Å²) in [5, 5.41) is 10.4. The van der Waals surface area contributed by atoms with E-state index >= 15 is 0 Å². The van der Waals surface area contributed by atoms with Crippen molar-refractivity contribution in [2.75, 3.05) is 0 Å². The summed E-state index contributed by atoms with van der Waals surface area (Å²) in [7, 11) is -3.86. The lowest BCUT2D eigenvalue weighted by Crippen LogP contribution is -2.47. The molecular weight excluding hydrogens is 498 g/mol. The molecule has 29 heavy (non-hydrogen) atoms. The van der Waals surface area contributed by atoms with E-state index < -0.39 is 32.0 Å². The number of halogens is 2. The van der Waals surface area contributed by atoms with Gasteiger partial charge in [-0.05, 0) is 42.2 Å². The Morgan fingerprint density at radius 3 is 2.55 bits per heavy atom. The van der Waals surface area contributed by atoms with Crippen LogP contribution >= 0.6 is 39.3 Å². The van der Waals surface area contributed by atoms with Crippen LogP contribution in [0.25, 0.3) is 4.91 Å². The zero-order valence-corrected chi connectivity index (χ0v) is 19.0. The summed E-state index contributed by atoms with van der Waals surface area (Å²) in [4.78, 5) is 12.9. The number of carbonyl (C=O) groups is 1. The molecule has 0 bridgehead atoms. The van der Waals surface area contributed by atoms with E-state index in [0.29, 0.717) is 11.4 Å². The topological polar surface area (TPSA) is 83.5 Å². The normalized spacial score (nSPS) is 26.2. The summed E-state index contributed by atoms with van der Waals surface area (Å²) >= 11 is 10.6. The molecule has 3 atom stereocenters. The Kier molecular flexibility index (Phi) is 5.59. The molecule has 2 aromatic rings. The summed E-state index contributed by atoms with van der Waals surface area (Å²) < 4.78 is 28.6. The van der Waals surface area contributed by atoms with Crippen molar-refractivity contribution in [1.29, 1.82) is 0 Å². The Morgan fingerprint density at radius 2 is 1.90 bits per heavy atom. The van der Waals surface area contributed by atoms with Gasteiger partial charge in [-0.25, -0.2) is 8.42 Å². The van der Waals surface area contributed by atoms with Crippen molar-refractivity contribution in [1.82, 2.24) is 4.72 Å². The third-order valence-corrected chi connectivity index (χ3v) is 9.84. The molecule has 2 aromatic carbocycles. The second-order valence-corrected chi connectivity index (χ2v) is 11.8. The first-order chi connectivity index (χ1) is 13.7. The molecule has 5 nitrogen and oxygen atoms in total. The first-order valence-electron chi connectivity index (χ1n) is 8.86. The van der Waals surface area contributed by atoms with Crippen molar-refractivity contribution in [2.24, 2.45) is 0 Å². The molecule has 1 fully saturated rings. The number of benzene rings is 2. The van der Waals surface area contributed by atoms with E-state index in [0.717, 1.165) is 20.5 Å². The average Bonchev–Trinajstić information content (AvgIpc) is 3.16. The third kappa shape index (κ3) is 4.01. The van der Waals surface area contributed by atoms with E-state index in [9.17, 15) is 18.3 Å². The van der Waals surface area contributed by atoms with Gasteiger partial charge in [0.05, 0.1) is 0 Å². The first-order valence-corrected chi connectivity index (χ1v) is 12.5. The highest BCUT2D eigenvalue weighted by Crippen LogP contribution is 2.54. The summed E-state index contributed by atoms with van der Waals surface area (Å²) in [6.45, 7) is 0. The van der Waals surface area contributed by atoms with E-state index in [1.807, 2.05) is 42.5 Å². The summed E-state index contributed by atoms with van der Waals surface area (Å²) in [5.74, 6) is -1.57. The molecule has 3 unspecified atom stereocenters. The van der Waals surface area contributed by atoms with Gasteiger partial charge in [0.15, 0.2) is 0 Å². The highest BCUT2D eigenvalue weighted by molar-refractivity contribution is 9.10. The molecule has 1 aliphatic heterocycles. The lowest BCUT2D eigenvalue weighted by atomic mass is 10.1. The van der Waals surface area contributed by atoms with Crippen molar-refractivity contribution in [3.8, 4) is 0 Å². The maximum Gasteiger partial charge on any atom is 0.325 e. The second kappa shape index (κ2) is 7.74. The highest BCUT2D eigenvalue weighted by atomic mass is 79.9. The lowest BCUT2D eigenvalue weighted by Gasteiger charge is -2.19. The van der Waals surface area contributed by atoms with Gasteiger partial charge < -0.3 is 5.11 Å². The van der Waals surface area contributed by atoms with Crippen molar-refractivity contribution >= 4 is 60.2 Å². The molecule has 0 saturated heterocycles. The van der Waals surface area contributed by atoms with Gasteiger partial charge in [-0.15, -0.1) is 11.8 Å².